The van der Waals surface area contributed by atoms with Crippen molar-refractivity contribution in [2.45, 2.75) is 6.42 Å². The smallest absolute Gasteiger partial charge is 0.269 e. The molecule has 1 aliphatic rings. The molecule has 17 heavy (non-hydrogen) atoms. The van der Waals surface area contributed by atoms with Crippen LogP contribution in [-0.4, -0.2) is 37.6 Å². The van der Waals surface area contributed by atoms with Gasteiger partial charge in [-0.1, -0.05) is 0 Å². The van der Waals surface area contributed by atoms with Crippen LogP contribution in [0.1, 0.15) is 16.9 Å². The standard InChI is InChI=1S/C12H18N4O/c1-13-12(17)11-6-10(3-5-15-11)16-8-9-2-4-14-7-9/h3,5-6,9,14H,2,4,7-8H2,1H3,(H,13,17)(H,15,16). The molecular formula is C12H18N4O. The second kappa shape index (κ2) is 5.63. The molecule has 1 fully saturated rings. The van der Waals surface area contributed by atoms with E-state index in [2.05, 4.69) is 20.9 Å². The molecule has 1 unspecified atom stereocenters. The molecule has 5 nitrogen and oxygen atoms in total. The number of hydrogen-bond acceptors (Lipinski definition) is 4. The summed E-state index contributed by atoms with van der Waals surface area (Å²) in [6.45, 7) is 3.11. The van der Waals surface area contributed by atoms with E-state index in [1.165, 1.54) is 6.42 Å². The summed E-state index contributed by atoms with van der Waals surface area (Å²) in [4.78, 5) is 15.4. The maximum Gasteiger partial charge on any atom is 0.269 e. The predicted octanol–water partition coefficient (Wildman–Crippen LogP) is 0.463. The molecule has 0 radical (unpaired) electrons. The van der Waals surface area contributed by atoms with E-state index in [0.717, 1.165) is 25.3 Å². The fourth-order valence-electron chi connectivity index (χ4n) is 1.94. The van der Waals surface area contributed by atoms with Crippen molar-refractivity contribution in [1.29, 1.82) is 0 Å². The van der Waals surface area contributed by atoms with E-state index in [1.54, 1.807) is 19.3 Å². The maximum absolute atomic E-state index is 11.4. The molecule has 0 aromatic carbocycles. The van der Waals surface area contributed by atoms with Crippen LogP contribution in [0, 0.1) is 5.92 Å². The quantitative estimate of drug-likeness (QED) is 0.708. The normalized spacial score (nSPS) is 19.0. The largest absolute Gasteiger partial charge is 0.385 e. The Kier molecular flexibility index (Phi) is 3.93. The van der Waals surface area contributed by atoms with Gasteiger partial charge in [0.15, 0.2) is 0 Å². The van der Waals surface area contributed by atoms with Gasteiger partial charge in [0.25, 0.3) is 5.91 Å². The van der Waals surface area contributed by atoms with Gasteiger partial charge in [-0.05, 0) is 37.6 Å². The van der Waals surface area contributed by atoms with Gasteiger partial charge in [-0.25, -0.2) is 0 Å². The van der Waals surface area contributed by atoms with Crippen molar-refractivity contribution in [3.63, 3.8) is 0 Å². The van der Waals surface area contributed by atoms with Crippen LogP contribution in [0.15, 0.2) is 18.3 Å². The first-order valence-electron chi connectivity index (χ1n) is 5.92. The van der Waals surface area contributed by atoms with Gasteiger partial charge in [-0.15, -0.1) is 0 Å². The third-order valence-corrected chi connectivity index (χ3v) is 2.98. The van der Waals surface area contributed by atoms with E-state index in [4.69, 9.17) is 0 Å². The average Bonchev–Trinajstić information content (AvgIpc) is 2.89. The molecule has 92 valence electrons. The van der Waals surface area contributed by atoms with Gasteiger partial charge in [-0.2, -0.15) is 0 Å². The van der Waals surface area contributed by atoms with Crippen LogP contribution in [0.4, 0.5) is 5.69 Å². The molecular weight excluding hydrogens is 216 g/mol. The van der Waals surface area contributed by atoms with Crippen LogP contribution in [-0.2, 0) is 0 Å². The summed E-state index contributed by atoms with van der Waals surface area (Å²) in [5.41, 5.74) is 1.40. The number of rotatable bonds is 4. The van der Waals surface area contributed by atoms with Gasteiger partial charge < -0.3 is 16.0 Å². The Morgan fingerprint density at radius 2 is 2.53 bits per heavy atom. The lowest BCUT2D eigenvalue weighted by Crippen LogP contribution is -2.20. The second-order valence-corrected chi connectivity index (χ2v) is 4.25. The van der Waals surface area contributed by atoms with E-state index >= 15 is 0 Å². The van der Waals surface area contributed by atoms with Crippen molar-refractivity contribution in [3.05, 3.63) is 24.0 Å². The Bertz CT molecular complexity index is 388. The Morgan fingerprint density at radius 3 is 3.24 bits per heavy atom. The van der Waals surface area contributed by atoms with Crippen LogP contribution in [0.5, 0.6) is 0 Å². The fraction of sp³-hybridized carbons (Fsp3) is 0.500. The molecule has 1 aromatic rings. The first-order chi connectivity index (χ1) is 8.29. The van der Waals surface area contributed by atoms with Crippen LogP contribution in [0.25, 0.3) is 0 Å². The number of amides is 1. The third kappa shape index (κ3) is 3.17. The lowest BCUT2D eigenvalue weighted by molar-refractivity contribution is 0.0958. The van der Waals surface area contributed by atoms with E-state index in [-0.39, 0.29) is 5.91 Å². The molecule has 0 saturated carbocycles. The van der Waals surface area contributed by atoms with Crippen LogP contribution in [0.2, 0.25) is 0 Å². The highest BCUT2D eigenvalue weighted by molar-refractivity contribution is 5.92. The van der Waals surface area contributed by atoms with E-state index in [9.17, 15) is 4.79 Å². The molecule has 1 amide bonds. The molecule has 1 saturated heterocycles. The molecule has 2 rings (SSSR count). The summed E-state index contributed by atoms with van der Waals surface area (Å²) in [6.07, 6.45) is 2.86. The summed E-state index contributed by atoms with van der Waals surface area (Å²) < 4.78 is 0. The number of hydrogen-bond donors (Lipinski definition) is 3. The van der Waals surface area contributed by atoms with Crippen molar-refractivity contribution in [2.24, 2.45) is 5.92 Å². The van der Waals surface area contributed by atoms with Crippen molar-refractivity contribution in [3.8, 4) is 0 Å². The van der Waals surface area contributed by atoms with Crippen molar-refractivity contribution < 1.29 is 4.79 Å². The zero-order valence-corrected chi connectivity index (χ0v) is 9.99. The summed E-state index contributed by atoms with van der Waals surface area (Å²) >= 11 is 0. The number of carbonyl (C=O) groups excluding carboxylic acids is 1. The van der Waals surface area contributed by atoms with Crippen molar-refractivity contribution in [2.75, 3.05) is 32.0 Å². The van der Waals surface area contributed by atoms with Gasteiger partial charge in [-0.3, -0.25) is 9.78 Å². The number of anilines is 1. The average molecular weight is 234 g/mol. The van der Waals surface area contributed by atoms with Gasteiger partial charge in [0.2, 0.25) is 0 Å². The first kappa shape index (κ1) is 11.9. The molecule has 5 heteroatoms. The minimum absolute atomic E-state index is 0.156. The number of nitrogens with one attached hydrogen (secondary N) is 3. The van der Waals surface area contributed by atoms with Crippen LogP contribution in [0.3, 0.4) is 0 Å². The SMILES string of the molecule is CNC(=O)c1cc(NCC2CCNC2)ccn1. The minimum Gasteiger partial charge on any atom is -0.385 e. The number of carbonyl (C=O) groups is 1. The molecule has 2 heterocycles. The number of nitrogens with zero attached hydrogens (tertiary/aromatic N) is 1. The van der Waals surface area contributed by atoms with Crippen molar-refractivity contribution >= 4 is 11.6 Å². The summed E-state index contributed by atoms with van der Waals surface area (Å²) in [5, 5.41) is 9.24. The Labute approximate surface area is 101 Å². The van der Waals surface area contributed by atoms with Gasteiger partial charge in [0.05, 0.1) is 0 Å². The Balaban J connectivity index is 1.93. The van der Waals surface area contributed by atoms with Gasteiger partial charge in [0, 0.05) is 25.5 Å². The van der Waals surface area contributed by atoms with Crippen LogP contribution < -0.4 is 16.0 Å². The van der Waals surface area contributed by atoms with E-state index in [1.807, 2.05) is 6.07 Å². The molecule has 3 N–H and O–H groups in total. The van der Waals surface area contributed by atoms with Gasteiger partial charge >= 0.3 is 0 Å². The lowest BCUT2D eigenvalue weighted by atomic mass is 10.1. The highest BCUT2D eigenvalue weighted by atomic mass is 16.1. The van der Waals surface area contributed by atoms with Crippen molar-refractivity contribution in [1.82, 2.24) is 15.6 Å². The number of pyridine rings is 1. The molecule has 1 aromatic heterocycles. The van der Waals surface area contributed by atoms with E-state index < -0.39 is 0 Å². The second-order valence-electron chi connectivity index (χ2n) is 4.25. The molecule has 0 bridgehead atoms. The molecule has 1 atom stereocenters. The Morgan fingerprint density at radius 1 is 1.65 bits per heavy atom. The Hall–Kier alpha value is -1.62. The third-order valence-electron chi connectivity index (χ3n) is 2.98. The summed E-state index contributed by atoms with van der Waals surface area (Å²) in [5.74, 6) is 0.516. The lowest BCUT2D eigenvalue weighted by Gasteiger charge is -2.11. The van der Waals surface area contributed by atoms with E-state index in [0.29, 0.717) is 11.6 Å². The highest BCUT2D eigenvalue weighted by Crippen LogP contribution is 2.12. The minimum atomic E-state index is -0.156. The highest BCUT2D eigenvalue weighted by Gasteiger charge is 2.14. The number of aromatic nitrogens is 1. The van der Waals surface area contributed by atoms with Gasteiger partial charge in [0.1, 0.15) is 5.69 Å². The fourth-order valence-corrected chi connectivity index (χ4v) is 1.94. The first-order valence-corrected chi connectivity index (χ1v) is 5.92. The topological polar surface area (TPSA) is 66.1 Å². The molecule has 1 aliphatic heterocycles. The summed E-state index contributed by atoms with van der Waals surface area (Å²) in [6, 6.07) is 3.66. The molecule has 0 aliphatic carbocycles. The summed E-state index contributed by atoms with van der Waals surface area (Å²) in [7, 11) is 1.61. The predicted molar refractivity (Wildman–Crippen MR) is 67.1 cm³/mol. The maximum atomic E-state index is 11.4. The monoisotopic (exact) mass is 234 g/mol. The van der Waals surface area contributed by atoms with Crippen LogP contribution >= 0.6 is 0 Å². The zero-order chi connectivity index (χ0) is 12.1. The molecule has 0 spiro atoms. The zero-order valence-electron chi connectivity index (χ0n) is 9.99.